The van der Waals surface area contributed by atoms with Gasteiger partial charge in [0.1, 0.15) is 0 Å². The van der Waals surface area contributed by atoms with Crippen LogP contribution >= 0.6 is 15.9 Å². The van der Waals surface area contributed by atoms with E-state index in [4.69, 9.17) is 4.74 Å². The number of alkyl halides is 1. The first-order valence-corrected chi connectivity index (χ1v) is 4.83. The van der Waals surface area contributed by atoms with Crippen LogP contribution in [0.2, 0.25) is 0 Å². The zero-order valence-electron chi connectivity index (χ0n) is 6.27. The van der Waals surface area contributed by atoms with E-state index in [0.29, 0.717) is 5.92 Å². The van der Waals surface area contributed by atoms with Crippen molar-refractivity contribution in [2.75, 3.05) is 11.9 Å². The molecule has 1 unspecified atom stereocenters. The molecule has 0 fully saturated rings. The molecule has 0 amide bonds. The van der Waals surface area contributed by atoms with Gasteiger partial charge in [-0.3, -0.25) is 0 Å². The third-order valence-corrected chi connectivity index (χ3v) is 2.80. The van der Waals surface area contributed by atoms with Crippen LogP contribution in [0.15, 0.2) is 11.8 Å². The molecule has 0 aromatic rings. The van der Waals surface area contributed by atoms with Crippen LogP contribution in [0, 0.1) is 5.92 Å². The van der Waals surface area contributed by atoms with E-state index >= 15 is 0 Å². The first-order chi connectivity index (χ1) is 4.84. The van der Waals surface area contributed by atoms with Crippen LogP contribution in [0.25, 0.3) is 0 Å². The lowest BCUT2D eigenvalue weighted by Crippen LogP contribution is -2.07. The largest absolute Gasteiger partial charge is 0.501 e. The summed E-state index contributed by atoms with van der Waals surface area (Å²) in [4.78, 5) is 0. The Labute approximate surface area is 70.6 Å². The number of ether oxygens (including phenoxy) is 1. The number of allylic oxidation sites excluding steroid dienone is 1. The predicted molar refractivity (Wildman–Crippen MR) is 46.2 cm³/mol. The number of hydrogen-bond donors (Lipinski definition) is 0. The summed E-state index contributed by atoms with van der Waals surface area (Å²) in [6.07, 6.45) is 4.32. The van der Waals surface area contributed by atoms with E-state index in [1.54, 1.807) is 0 Å². The molecule has 1 nitrogen and oxygen atoms in total. The summed E-state index contributed by atoms with van der Waals surface area (Å²) in [6.45, 7) is 3.12. The Morgan fingerprint density at radius 1 is 1.80 bits per heavy atom. The second-order valence-electron chi connectivity index (χ2n) is 2.72. The Hall–Kier alpha value is 0.0200. The number of hydrogen-bond acceptors (Lipinski definition) is 1. The minimum atomic E-state index is 0.639. The van der Waals surface area contributed by atoms with Gasteiger partial charge in [-0.1, -0.05) is 22.9 Å². The van der Waals surface area contributed by atoms with E-state index in [2.05, 4.69) is 22.9 Å². The van der Waals surface area contributed by atoms with Crippen molar-refractivity contribution in [1.29, 1.82) is 0 Å². The molecule has 1 heterocycles. The number of halogens is 1. The Kier molecular flexibility index (Phi) is 3.26. The highest BCUT2D eigenvalue weighted by atomic mass is 79.9. The van der Waals surface area contributed by atoms with Crippen LogP contribution in [0.5, 0.6) is 0 Å². The fourth-order valence-corrected chi connectivity index (χ4v) is 1.46. The lowest BCUT2D eigenvalue weighted by molar-refractivity contribution is 0.220. The van der Waals surface area contributed by atoms with Crippen LogP contribution < -0.4 is 0 Å². The molecular formula is C8H13BrO. The quantitative estimate of drug-likeness (QED) is 0.629. The summed E-state index contributed by atoms with van der Waals surface area (Å²) >= 11 is 3.45. The van der Waals surface area contributed by atoms with E-state index in [1.165, 1.54) is 18.4 Å². The SMILES string of the molecule is CC(CBr)C1=COCCC1. The summed E-state index contributed by atoms with van der Waals surface area (Å²) in [6, 6.07) is 0. The molecule has 1 aliphatic heterocycles. The van der Waals surface area contributed by atoms with Crippen molar-refractivity contribution in [1.82, 2.24) is 0 Å². The molecule has 10 heavy (non-hydrogen) atoms. The Bertz CT molecular complexity index is 131. The molecule has 0 N–H and O–H groups in total. The standard InChI is InChI=1S/C8H13BrO/c1-7(5-9)8-3-2-4-10-6-8/h6-7H,2-5H2,1H3. The lowest BCUT2D eigenvalue weighted by Gasteiger charge is -2.17. The fourth-order valence-electron chi connectivity index (χ4n) is 1.05. The molecule has 1 rings (SSSR count). The fraction of sp³-hybridized carbons (Fsp3) is 0.750. The Morgan fingerprint density at radius 2 is 2.60 bits per heavy atom. The van der Waals surface area contributed by atoms with E-state index in [9.17, 15) is 0 Å². The second kappa shape index (κ2) is 4.02. The highest BCUT2D eigenvalue weighted by molar-refractivity contribution is 9.09. The molecule has 0 radical (unpaired) electrons. The van der Waals surface area contributed by atoms with Crippen LogP contribution in [-0.4, -0.2) is 11.9 Å². The summed E-state index contributed by atoms with van der Waals surface area (Å²) < 4.78 is 5.22. The van der Waals surface area contributed by atoms with Crippen molar-refractivity contribution >= 4 is 15.9 Å². The topological polar surface area (TPSA) is 9.23 Å². The van der Waals surface area contributed by atoms with Crippen molar-refractivity contribution in [3.05, 3.63) is 11.8 Å². The smallest absolute Gasteiger partial charge is 0.0876 e. The lowest BCUT2D eigenvalue weighted by atomic mass is 9.99. The van der Waals surface area contributed by atoms with Gasteiger partial charge in [0.2, 0.25) is 0 Å². The highest BCUT2D eigenvalue weighted by Crippen LogP contribution is 2.21. The van der Waals surface area contributed by atoms with Crippen molar-refractivity contribution in [3.63, 3.8) is 0 Å². The second-order valence-corrected chi connectivity index (χ2v) is 3.37. The van der Waals surface area contributed by atoms with Gasteiger partial charge in [0, 0.05) is 5.33 Å². The van der Waals surface area contributed by atoms with Gasteiger partial charge in [0.25, 0.3) is 0 Å². The first-order valence-electron chi connectivity index (χ1n) is 3.71. The molecule has 1 aliphatic rings. The molecule has 0 saturated carbocycles. The van der Waals surface area contributed by atoms with Gasteiger partial charge >= 0.3 is 0 Å². The molecular weight excluding hydrogens is 192 g/mol. The Balaban J connectivity index is 2.44. The zero-order chi connectivity index (χ0) is 7.40. The Morgan fingerprint density at radius 3 is 3.10 bits per heavy atom. The molecule has 58 valence electrons. The minimum absolute atomic E-state index is 0.639. The van der Waals surface area contributed by atoms with E-state index < -0.39 is 0 Å². The minimum Gasteiger partial charge on any atom is -0.501 e. The molecule has 0 aromatic heterocycles. The molecule has 0 aliphatic carbocycles. The summed E-state index contributed by atoms with van der Waals surface area (Å²) in [5, 5.41) is 1.04. The van der Waals surface area contributed by atoms with Gasteiger partial charge in [-0.05, 0) is 24.3 Å². The number of rotatable bonds is 2. The van der Waals surface area contributed by atoms with Crippen LogP contribution in [-0.2, 0) is 4.74 Å². The van der Waals surface area contributed by atoms with Crippen molar-refractivity contribution in [2.45, 2.75) is 19.8 Å². The van der Waals surface area contributed by atoms with E-state index in [1.807, 2.05) is 6.26 Å². The monoisotopic (exact) mass is 204 g/mol. The molecule has 0 bridgehead atoms. The summed E-state index contributed by atoms with van der Waals surface area (Å²) in [5.41, 5.74) is 1.45. The average molecular weight is 205 g/mol. The third kappa shape index (κ3) is 2.01. The van der Waals surface area contributed by atoms with Crippen molar-refractivity contribution in [3.8, 4) is 0 Å². The van der Waals surface area contributed by atoms with Crippen molar-refractivity contribution in [2.24, 2.45) is 5.92 Å². The van der Waals surface area contributed by atoms with E-state index in [-0.39, 0.29) is 0 Å². The van der Waals surface area contributed by atoms with Crippen LogP contribution in [0.3, 0.4) is 0 Å². The molecule has 0 aromatic carbocycles. The maximum absolute atomic E-state index is 5.22. The maximum atomic E-state index is 5.22. The summed E-state index contributed by atoms with van der Waals surface area (Å²) in [7, 11) is 0. The van der Waals surface area contributed by atoms with Gasteiger partial charge in [0.05, 0.1) is 12.9 Å². The van der Waals surface area contributed by atoms with Crippen molar-refractivity contribution < 1.29 is 4.74 Å². The average Bonchev–Trinajstić information content (AvgIpc) is 2.05. The van der Waals surface area contributed by atoms with Gasteiger partial charge in [-0.25, -0.2) is 0 Å². The zero-order valence-corrected chi connectivity index (χ0v) is 7.86. The molecule has 0 spiro atoms. The predicted octanol–water partition coefficient (Wildman–Crippen LogP) is 2.71. The van der Waals surface area contributed by atoms with Gasteiger partial charge in [-0.2, -0.15) is 0 Å². The molecule has 2 heteroatoms. The van der Waals surface area contributed by atoms with Gasteiger partial charge in [-0.15, -0.1) is 0 Å². The van der Waals surface area contributed by atoms with Gasteiger partial charge < -0.3 is 4.74 Å². The molecule has 1 atom stereocenters. The first kappa shape index (κ1) is 8.12. The van der Waals surface area contributed by atoms with Crippen LogP contribution in [0.4, 0.5) is 0 Å². The third-order valence-electron chi connectivity index (χ3n) is 1.83. The normalized spacial score (nSPS) is 21.2. The van der Waals surface area contributed by atoms with Gasteiger partial charge in [0.15, 0.2) is 0 Å². The molecule has 0 saturated heterocycles. The maximum Gasteiger partial charge on any atom is 0.0876 e. The van der Waals surface area contributed by atoms with Crippen LogP contribution in [0.1, 0.15) is 19.8 Å². The summed E-state index contributed by atoms with van der Waals surface area (Å²) in [5.74, 6) is 0.639. The highest BCUT2D eigenvalue weighted by Gasteiger charge is 2.10. The van der Waals surface area contributed by atoms with E-state index in [0.717, 1.165) is 11.9 Å².